The number of pyridine rings is 1. The zero-order valence-corrected chi connectivity index (χ0v) is 19.6. The molecular formula is C24H36N6O2. The van der Waals surface area contributed by atoms with Crippen molar-refractivity contribution >= 4 is 23.7 Å². The molecule has 0 unspecified atom stereocenters. The van der Waals surface area contributed by atoms with Crippen molar-refractivity contribution in [3.8, 4) is 0 Å². The van der Waals surface area contributed by atoms with Crippen LogP contribution in [0.15, 0.2) is 18.5 Å². The lowest BCUT2D eigenvalue weighted by atomic mass is 9.78. The Morgan fingerprint density at radius 1 is 1.34 bits per heavy atom. The van der Waals surface area contributed by atoms with Gasteiger partial charge in [0.15, 0.2) is 0 Å². The van der Waals surface area contributed by atoms with Crippen LogP contribution in [0.5, 0.6) is 0 Å². The minimum Gasteiger partial charge on any atom is -0.450 e. The summed E-state index contributed by atoms with van der Waals surface area (Å²) in [7, 11) is 1.86. The maximum atomic E-state index is 11.9. The monoisotopic (exact) mass is 440 g/mol. The molecule has 8 heteroatoms. The largest absolute Gasteiger partial charge is 0.450 e. The van der Waals surface area contributed by atoms with E-state index in [0.717, 1.165) is 61.8 Å². The molecule has 3 aliphatic rings. The lowest BCUT2D eigenvalue weighted by Gasteiger charge is -2.48. The number of nitrogens with one attached hydrogen (secondary N) is 2. The first-order chi connectivity index (χ1) is 15.5. The Bertz CT molecular complexity index is 871. The summed E-state index contributed by atoms with van der Waals surface area (Å²) in [6, 6.07) is 2.62. The van der Waals surface area contributed by atoms with Gasteiger partial charge in [0.1, 0.15) is 5.82 Å². The first-order valence-electron chi connectivity index (χ1n) is 11.7. The SMILES string of the molecule is CCOC(=O)N1CC2(CC[C@@H](N3CCN(c4nccc(C)c4/C(C=N)=C/NC)CC3)C2)C1. The van der Waals surface area contributed by atoms with E-state index < -0.39 is 0 Å². The summed E-state index contributed by atoms with van der Waals surface area (Å²) < 4.78 is 5.15. The normalized spacial score (nSPS) is 23.2. The van der Waals surface area contributed by atoms with Crippen LogP contribution < -0.4 is 10.2 Å². The Labute approximate surface area is 191 Å². The number of carbonyl (C=O) groups excluding carboxylic acids is 1. The maximum absolute atomic E-state index is 11.9. The van der Waals surface area contributed by atoms with E-state index in [2.05, 4.69) is 22.0 Å². The molecule has 0 aromatic carbocycles. The van der Waals surface area contributed by atoms with Gasteiger partial charge >= 0.3 is 6.09 Å². The van der Waals surface area contributed by atoms with E-state index in [4.69, 9.17) is 15.1 Å². The van der Waals surface area contributed by atoms with Crippen molar-refractivity contribution in [2.45, 2.75) is 39.2 Å². The Kier molecular flexibility index (Phi) is 6.69. The number of ether oxygens (including phenoxy) is 1. The average molecular weight is 441 g/mol. The van der Waals surface area contributed by atoms with E-state index in [1.54, 1.807) is 0 Å². The number of anilines is 1. The molecule has 1 atom stereocenters. The predicted octanol–water partition coefficient (Wildman–Crippen LogP) is 2.73. The smallest absolute Gasteiger partial charge is 0.409 e. The molecule has 3 heterocycles. The Balaban J connectivity index is 1.36. The summed E-state index contributed by atoms with van der Waals surface area (Å²) >= 11 is 0. The van der Waals surface area contributed by atoms with Gasteiger partial charge in [-0.2, -0.15) is 0 Å². The minimum atomic E-state index is -0.159. The van der Waals surface area contributed by atoms with Crippen LogP contribution in [0.4, 0.5) is 10.6 Å². The van der Waals surface area contributed by atoms with Crippen molar-refractivity contribution in [2.75, 3.05) is 57.8 Å². The quantitative estimate of drug-likeness (QED) is 0.662. The van der Waals surface area contributed by atoms with Crippen LogP contribution in [-0.4, -0.2) is 86.1 Å². The van der Waals surface area contributed by atoms with Crippen molar-refractivity contribution in [1.29, 1.82) is 5.41 Å². The van der Waals surface area contributed by atoms with Crippen molar-refractivity contribution < 1.29 is 9.53 Å². The molecule has 0 bridgehead atoms. The highest BCUT2D eigenvalue weighted by Crippen LogP contribution is 2.47. The van der Waals surface area contributed by atoms with Crippen LogP contribution in [0.2, 0.25) is 0 Å². The number of carbonyl (C=O) groups is 1. The molecule has 2 N–H and O–H groups in total. The number of piperazine rings is 1. The molecule has 1 spiro atoms. The van der Waals surface area contributed by atoms with E-state index in [1.165, 1.54) is 25.5 Å². The molecular weight excluding hydrogens is 404 g/mol. The van der Waals surface area contributed by atoms with E-state index in [-0.39, 0.29) is 6.09 Å². The first-order valence-corrected chi connectivity index (χ1v) is 11.7. The number of likely N-dealkylation sites (tertiary alicyclic amines) is 1. The molecule has 8 nitrogen and oxygen atoms in total. The minimum absolute atomic E-state index is 0.159. The highest BCUT2D eigenvalue weighted by Gasteiger charge is 2.51. The standard InChI is InChI=1S/C24H36N6O2/c1-4-32-23(31)30-16-24(17-30)7-5-20(13-24)28-9-11-29(12-10-28)22-21(18(2)6-8-27-22)19(14-25)15-26-3/h6,8,14-15,20,25-26H,4-5,7,9-13,16-17H2,1-3H3/b19-15+,25-14?/t20-/m1/s1. The molecule has 0 radical (unpaired) electrons. The molecule has 2 saturated heterocycles. The summed E-state index contributed by atoms with van der Waals surface area (Å²) in [5.41, 5.74) is 3.33. The van der Waals surface area contributed by atoms with Gasteiger partial charge in [0.25, 0.3) is 0 Å². The van der Waals surface area contributed by atoms with E-state index in [9.17, 15) is 4.79 Å². The molecule has 4 rings (SSSR count). The fraction of sp³-hybridized carbons (Fsp3) is 0.625. The number of amides is 1. The summed E-state index contributed by atoms with van der Waals surface area (Å²) in [5.74, 6) is 0.974. The second-order valence-corrected chi connectivity index (χ2v) is 9.33. The number of hydrogen-bond acceptors (Lipinski definition) is 7. The number of aromatic nitrogens is 1. The van der Waals surface area contributed by atoms with Crippen LogP contribution in [0, 0.1) is 17.7 Å². The van der Waals surface area contributed by atoms with Gasteiger partial charge in [-0.25, -0.2) is 9.78 Å². The molecule has 2 aliphatic heterocycles. The summed E-state index contributed by atoms with van der Waals surface area (Å²) in [6.45, 7) is 10.0. The first kappa shape index (κ1) is 22.6. The van der Waals surface area contributed by atoms with E-state index in [1.807, 2.05) is 37.3 Å². The second kappa shape index (κ2) is 9.48. The third kappa shape index (κ3) is 4.33. The van der Waals surface area contributed by atoms with E-state index in [0.29, 0.717) is 18.1 Å². The molecule has 1 aromatic rings. The lowest BCUT2D eigenvalue weighted by Crippen LogP contribution is -2.58. The summed E-state index contributed by atoms with van der Waals surface area (Å²) in [4.78, 5) is 23.5. The Morgan fingerprint density at radius 3 is 2.75 bits per heavy atom. The predicted molar refractivity (Wildman–Crippen MR) is 127 cm³/mol. The van der Waals surface area contributed by atoms with Gasteiger partial charge < -0.3 is 25.3 Å². The topological polar surface area (TPSA) is 84.8 Å². The van der Waals surface area contributed by atoms with Crippen molar-refractivity contribution in [3.63, 3.8) is 0 Å². The fourth-order valence-corrected chi connectivity index (χ4v) is 5.66. The number of aryl methyl sites for hydroxylation is 1. The van der Waals surface area contributed by atoms with Gasteiger partial charge in [-0.1, -0.05) is 0 Å². The molecule has 1 aromatic heterocycles. The maximum Gasteiger partial charge on any atom is 0.409 e. The lowest BCUT2D eigenvalue weighted by molar-refractivity contribution is -0.00294. The molecule has 1 amide bonds. The molecule has 32 heavy (non-hydrogen) atoms. The van der Waals surface area contributed by atoms with Gasteiger partial charge in [0, 0.05) is 87.5 Å². The third-order valence-corrected chi connectivity index (χ3v) is 7.27. The van der Waals surface area contributed by atoms with Crippen molar-refractivity contribution in [2.24, 2.45) is 5.41 Å². The van der Waals surface area contributed by atoms with Crippen LogP contribution in [0.1, 0.15) is 37.3 Å². The zero-order valence-electron chi connectivity index (χ0n) is 19.6. The van der Waals surface area contributed by atoms with Gasteiger partial charge in [-0.15, -0.1) is 0 Å². The van der Waals surface area contributed by atoms with Crippen LogP contribution in [0.3, 0.4) is 0 Å². The number of nitrogens with zero attached hydrogens (tertiary/aromatic N) is 4. The molecule has 174 valence electrons. The van der Waals surface area contributed by atoms with Crippen molar-refractivity contribution in [1.82, 2.24) is 20.1 Å². The highest BCUT2D eigenvalue weighted by molar-refractivity contribution is 6.10. The third-order valence-electron chi connectivity index (χ3n) is 7.27. The van der Waals surface area contributed by atoms with Crippen molar-refractivity contribution in [3.05, 3.63) is 29.6 Å². The summed E-state index contributed by atoms with van der Waals surface area (Å²) in [6.07, 6.45) is 8.58. The van der Waals surface area contributed by atoms with Crippen LogP contribution in [0.25, 0.3) is 5.57 Å². The molecule has 1 aliphatic carbocycles. The Morgan fingerprint density at radius 2 is 2.09 bits per heavy atom. The van der Waals surface area contributed by atoms with Crippen LogP contribution in [-0.2, 0) is 4.74 Å². The second-order valence-electron chi connectivity index (χ2n) is 9.33. The van der Waals surface area contributed by atoms with Gasteiger partial charge in [-0.3, -0.25) is 4.90 Å². The summed E-state index contributed by atoms with van der Waals surface area (Å²) in [5, 5.41) is 10.9. The van der Waals surface area contributed by atoms with Gasteiger partial charge in [0.2, 0.25) is 0 Å². The molecule has 3 fully saturated rings. The zero-order chi connectivity index (χ0) is 22.7. The van der Waals surface area contributed by atoms with Gasteiger partial charge in [0.05, 0.1) is 6.61 Å². The van der Waals surface area contributed by atoms with Crippen LogP contribution >= 0.6 is 0 Å². The van der Waals surface area contributed by atoms with E-state index >= 15 is 0 Å². The average Bonchev–Trinajstić information content (AvgIpc) is 3.23. The fourth-order valence-electron chi connectivity index (χ4n) is 5.66. The number of hydrogen-bond donors (Lipinski definition) is 2. The highest BCUT2D eigenvalue weighted by atomic mass is 16.6. The Hall–Kier alpha value is -2.61. The number of rotatable bonds is 6. The van der Waals surface area contributed by atoms with Gasteiger partial charge in [-0.05, 0) is 44.7 Å². The molecule has 1 saturated carbocycles. The number of allylic oxidation sites excluding steroid dienone is 1.